The molecule has 0 unspecified atom stereocenters. The van der Waals surface area contributed by atoms with Crippen molar-refractivity contribution in [2.24, 2.45) is 0 Å². The summed E-state index contributed by atoms with van der Waals surface area (Å²) in [5, 5.41) is 15.2. The van der Waals surface area contributed by atoms with E-state index in [1.807, 2.05) is 0 Å². The summed E-state index contributed by atoms with van der Waals surface area (Å²) in [7, 11) is 0. The second-order valence-electron chi connectivity index (χ2n) is 5.00. The van der Waals surface area contributed by atoms with E-state index < -0.39 is 0 Å². The largest absolute Gasteiger partial charge is 0.394 e. The van der Waals surface area contributed by atoms with Gasteiger partial charge in [-0.25, -0.2) is 0 Å². The van der Waals surface area contributed by atoms with Crippen molar-refractivity contribution in [2.45, 2.75) is 70.6 Å². The summed E-state index contributed by atoms with van der Waals surface area (Å²) >= 11 is 0. The van der Waals surface area contributed by atoms with Crippen LogP contribution >= 0.6 is 0 Å². The average molecular weight is 272 g/mol. The highest BCUT2D eigenvalue weighted by Crippen LogP contribution is 2.13. The smallest absolute Gasteiger partial charge is 0.132 e. The molecule has 112 valence electrons. The Morgan fingerprint density at radius 1 is 0.579 bits per heavy atom. The van der Waals surface area contributed by atoms with Crippen LogP contribution in [0, 0.1) is 0 Å². The molecule has 2 saturated carbocycles. The second kappa shape index (κ2) is 13.7. The van der Waals surface area contributed by atoms with Crippen molar-refractivity contribution in [1.29, 1.82) is 0 Å². The Labute approximate surface area is 116 Å². The molecular formula is C15H28O4. The predicted molar refractivity (Wildman–Crippen MR) is 75.0 cm³/mol. The molecule has 2 fully saturated rings. The molecule has 2 aliphatic carbocycles. The summed E-state index contributed by atoms with van der Waals surface area (Å²) < 4.78 is 0. The quantitative estimate of drug-likeness (QED) is 0.719. The highest BCUT2D eigenvalue weighted by molar-refractivity contribution is 5.79. The summed E-state index contributed by atoms with van der Waals surface area (Å²) in [6.45, 7) is -0.250. The highest BCUT2D eigenvalue weighted by atomic mass is 16.3. The van der Waals surface area contributed by atoms with Crippen LogP contribution < -0.4 is 0 Å². The molecule has 4 nitrogen and oxygen atoms in total. The maximum absolute atomic E-state index is 10.7. The third kappa shape index (κ3) is 13.5. The molecule has 0 aromatic carbocycles. The lowest BCUT2D eigenvalue weighted by Crippen LogP contribution is -2.02. The maximum atomic E-state index is 10.7. The number of carbonyl (C=O) groups excluding carboxylic acids is 2. The topological polar surface area (TPSA) is 74.6 Å². The monoisotopic (exact) mass is 272 g/mol. The van der Waals surface area contributed by atoms with E-state index in [1.165, 1.54) is 19.3 Å². The van der Waals surface area contributed by atoms with Crippen LogP contribution in [0.4, 0.5) is 0 Å². The van der Waals surface area contributed by atoms with Gasteiger partial charge >= 0.3 is 0 Å². The van der Waals surface area contributed by atoms with Gasteiger partial charge in [-0.05, 0) is 25.7 Å². The van der Waals surface area contributed by atoms with Crippen LogP contribution in [0.2, 0.25) is 0 Å². The third-order valence-corrected chi connectivity index (χ3v) is 3.17. The van der Waals surface area contributed by atoms with Gasteiger partial charge in [0.05, 0.1) is 13.2 Å². The van der Waals surface area contributed by atoms with Gasteiger partial charge in [0.25, 0.3) is 0 Å². The molecule has 2 N–H and O–H groups in total. The van der Waals surface area contributed by atoms with E-state index in [2.05, 4.69) is 0 Å². The standard InChI is InChI=1S/C7H12O.C6H10O.C2H6O2/c8-7-5-3-1-2-4-6-7;7-6-4-2-1-3-5-6;3-1-2-4/h1-6H2;1-5H2;3-4H,1-2H2. The van der Waals surface area contributed by atoms with Crippen molar-refractivity contribution in [3.63, 3.8) is 0 Å². The summed E-state index contributed by atoms with van der Waals surface area (Å²) in [5.74, 6) is 0.939. The van der Waals surface area contributed by atoms with E-state index in [9.17, 15) is 9.59 Å². The van der Waals surface area contributed by atoms with Crippen LogP contribution in [0.25, 0.3) is 0 Å². The number of hydrogen-bond donors (Lipinski definition) is 2. The zero-order valence-corrected chi connectivity index (χ0v) is 11.9. The zero-order chi connectivity index (χ0) is 14.3. The van der Waals surface area contributed by atoms with Crippen LogP contribution in [0.5, 0.6) is 0 Å². The Balaban J connectivity index is 0.000000272. The van der Waals surface area contributed by atoms with E-state index in [0.717, 1.165) is 51.4 Å². The zero-order valence-electron chi connectivity index (χ0n) is 11.9. The van der Waals surface area contributed by atoms with Crippen molar-refractivity contribution in [3.8, 4) is 0 Å². The van der Waals surface area contributed by atoms with E-state index in [-0.39, 0.29) is 13.2 Å². The molecule has 0 aromatic rings. The number of hydrogen-bond acceptors (Lipinski definition) is 4. The molecule has 4 heteroatoms. The number of aliphatic hydroxyl groups excluding tert-OH is 2. The average Bonchev–Trinajstić information content (AvgIpc) is 2.68. The fraction of sp³-hybridized carbons (Fsp3) is 0.867. The van der Waals surface area contributed by atoms with Gasteiger partial charge in [0.1, 0.15) is 11.6 Å². The molecule has 2 aliphatic rings. The molecule has 0 radical (unpaired) electrons. The lowest BCUT2D eigenvalue weighted by molar-refractivity contribution is -0.120. The van der Waals surface area contributed by atoms with Gasteiger partial charge in [-0.3, -0.25) is 9.59 Å². The van der Waals surface area contributed by atoms with Crippen LogP contribution in [-0.4, -0.2) is 35.0 Å². The van der Waals surface area contributed by atoms with Crippen molar-refractivity contribution in [2.75, 3.05) is 13.2 Å². The summed E-state index contributed by atoms with van der Waals surface area (Å²) in [5.41, 5.74) is 0. The first-order chi connectivity index (χ1) is 9.20. The minimum Gasteiger partial charge on any atom is -0.394 e. The van der Waals surface area contributed by atoms with Crippen molar-refractivity contribution in [1.82, 2.24) is 0 Å². The molecule has 0 spiro atoms. The Morgan fingerprint density at radius 3 is 1.11 bits per heavy atom. The van der Waals surface area contributed by atoms with Gasteiger partial charge in [0.2, 0.25) is 0 Å². The first kappa shape index (κ1) is 18.3. The normalized spacial score (nSPS) is 19.5. The van der Waals surface area contributed by atoms with Crippen molar-refractivity contribution < 1.29 is 19.8 Å². The Morgan fingerprint density at radius 2 is 0.842 bits per heavy atom. The first-order valence-electron chi connectivity index (χ1n) is 7.45. The molecule has 2 rings (SSSR count). The van der Waals surface area contributed by atoms with Crippen molar-refractivity contribution >= 4 is 11.6 Å². The van der Waals surface area contributed by atoms with Gasteiger partial charge in [0.15, 0.2) is 0 Å². The van der Waals surface area contributed by atoms with Gasteiger partial charge in [-0.15, -0.1) is 0 Å². The van der Waals surface area contributed by atoms with Crippen LogP contribution in [0.3, 0.4) is 0 Å². The Kier molecular flexibility index (Phi) is 13.2. The number of rotatable bonds is 1. The maximum Gasteiger partial charge on any atom is 0.132 e. The van der Waals surface area contributed by atoms with Gasteiger partial charge in [0, 0.05) is 25.7 Å². The fourth-order valence-corrected chi connectivity index (χ4v) is 2.07. The SMILES string of the molecule is O=C1CCCCC1.O=C1CCCCCC1.OCCO. The Hall–Kier alpha value is -0.740. The number of Topliss-reactive ketones (excluding diaryl/α,β-unsaturated/α-hetero) is 2. The molecular weight excluding hydrogens is 244 g/mol. The molecule has 0 amide bonds. The van der Waals surface area contributed by atoms with Gasteiger partial charge in [-0.2, -0.15) is 0 Å². The molecule has 0 atom stereocenters. The van der Waals surface area contributed by atoms with E-state index >= 15 is 0 Å². The van der Waals surface area contributed by atoms with E-state index in [1.54, 1.807) is 0 Å². The minimum absolute atomic E-state index is 0.125. The fourth-order valence-electron chi connectivity index (χ4n) is 2.07. The molecule has 19 heavy (non-hydrogen) atoms. The van der Waals surface area contributed by atoms with E-state index in [0.29, 0.717) is 11.6 Å². The number of aliphatic hydroxyl groups is 2. The minimum atomic E-state index is -0.125. The van der Waals surface area contributed by atoms with Crippen molar-refractivity contribution in [3.05, 3.63) is 0 Å². The predicted octanol–water partition coefficient (Wildman–Crippen LogP) is 2.40. The lowest BCUT2D eigenvalue weighted by atomic mass is 10.00. The van der Waals surface area contributed by atoms with Crippen LogP contribution in [0.1, 0.15) is 70.6 Å². The number of ketones is 2. The van der Waals surface area contributed by atoms with E-state index in [4.69, 9.17) is 10.2 Å². The second-order valence-corrected chi connectivity index (χ2v) is 5.00. The summed E-state index contributed by atoms with van der Waals surface area (Å²) in [6.07, 6.45) is 11.7. The molecule has 0 bridgehead atoms. The first-order valence-corrected chi connectivity index (χ1v) is 7.45. The molecule has 0 saturated heterocycles. The van der Waals surface area contributed by atoms with Crippen LogP contribution in [0.15, 0.2) is 0 Å². The Bertz CT molecular complexity index is 218. The van der Waals surface area contributed by atoms with Gasteiger partial charge < -0.3 is 10.2 Å². The molecule has 0 aromatic heterocycles. The van der Waals surface area contributed by atoms with Crippen LogP contribution in [-0.2, 0) is 9.59 Å². The lowest BCUT2D eigenvalue weighted by Gasteiger charge is -2.05. The van der Waals surface area contributed by atoms with Gasteiger partial charge in [-0.1, -0.05) is 19.3 Å². The molecule has 0 heterocycles. The summed E-state index contributed by atoms with van der Waals surface area (Å²) in [4.78, 5) is 21.1. The summed E-state index contributed by atoms with van der Waals surface area (Å²) in [6, 6.07) is 0. The highest BCUT2D eigenvalue weighted by Gasteiger charge is 2.06. The third-order valence-electron chi connectivity index (χ3n) is 3.17. The number of carbonyl (C=O) groups is 2. The molecule has 0 aliphatic heterocycles.